The van der Waals surface area contributed by atoms with Crippen molar-refractivity contribution in [2.24, 2.45) is 5.73 Å². The number of carbonyl (C=O) groups is 2. The standard InChI is InChI=1S/C2H4O2.CH3NO.ClO.Li.Na/c1-2(3)4;2-1-3;1-2;;/h1H3,(H,3,4);1H,(H2,2,3);;;/q;;-1;2*+1/p-1. The van der Waals surface area contributed by atoms with Gasteiger partial charge in [0.1, 0.15) is 0 Å². The first-order chi connectivity index (χ1) is 4.15. The number of nitrogens with two attached hydrogens (primary N) is 1. The third kappa shape index (κ3) is 1340. The number of carboxylic acids is 1. The van der Waals surface area contributed by atoms with Gasteiger partial charge in [0.2, 0.25) is 6.41 Å². The van der Waals surface area contributed by atoms with Crippen LogP contribution in [0.1, 0.15) is 6.92 Å². The maximum atomic E-state index is 8.89. The summed E-state index contributed by atoms with van der Waals surface area (Å²) >= 11 is 3.39. The SMILES string of the molecule is CC(=O)[O-].NC=O.[Li+].[Na+].[O-]Cl. The van der Waals surface area contributed by atoms with Gasteiger partial charge in [-0.2, -0.15) is 0 Å². The molecule has 0 radical (unpaired) electrons. The summed E-state index contributed by atoms with van der Waals surface area (Å²) in [5.74, 6) is -1.08. The molecule has 0 heterocycles. The summed E-state index contributed by atoms with van der Waals surface area (Å²) in [7, 11) is 0. The van der Waals surface area contributed by atoms with Gasteiger partial charge in [-0.15, -0.1) is 0 Å². The van der Waals surface area contributed by atoms with Crippen LogP contribution in [0.2, 0.25) is 0 Å². The fourth-order valence-corrected chi connectivity index (χ4v) is 0. The number of hydrogen-bond donors (Lipinski definition) is 1. The molecule has 0 aliphatic heterocycles. The van der Waals surface area contributed by atoms with Crippen molar-refractivity contribution >= 4 is 24.2 Å². The Kier molecular flexibility index (Phi) is 122. The van der Waals surface area contributed by atoms with Crippen molar-refractivity contribution in [3.63, 3.8) is 0 Å². The molecule has 0 aromatic heterocycles. The Bertz CT molecular complexity index is 72.4. The molecule has 5 nitrogen and oxygen atoms in total. The zero-order chi connectivity index (χ0) is 8.28. The second-order valence-electron chi connectivity index (χ2n) is 0.628. The van der Waals surface area contributed by atoms with Crippen LogP contribution in [0, 0.1) is 0 Å². The van der Waals surface area contributed by atoms with E-state index in [2.05, 4.69) is 17.6 Å². The Hall–Kier alpha value is 0.787. The van der Waals surface area contributed by atoms with Gasteiger partial charge in [-0.25, -0.2) is 11.9 Å². The summed E-state index contributed by atoms with van der Waals surface area (Å²) < 4.78 is 7.72. The van der Waals surface area contributed by atoms with Gasteiger partial charge in [0.15, 0.2) is 0 Å². The van der Waals surface area contributed by atoms with Crippen LogP contribution in [0.4, 0.5) is 0 Å². The normalized spacial score (nSPS) is 3.91. The van der Waals surface area contributed by atoms with E-state index < -0.39 is 5.97 Å². The third-order valence-corrected chi connectivity index (χ3v) is 0. The Morgan fingerprint density at radius 1 is 1.55 bits per heavy atom. The molecule has 0 fully saturated rings. The van der Waals surface area contributed by atoms with Crippen LogP contribution in [-0.2, 0) is 9.59 Å². The fraction of sp³-hybridized carbons (Fsp3) is 0.333. The molecule has 8 heteroatoms. The summed E-state index contributed by atoms with van der Waals surface area (Å²) in [5.41, 5.74) is 4.17. The van der Waals surface area contributed by atoms with Crippen LogP contribution in [-0.4, -0.2) is 12.4 Å². The summed E-state index contributed by atoms with van der Waals surface area (Å²) in [6.07, 6.45) is 0.250. The molecule has 0 saturated heterocycles. The average Bonchev–Trinajstić information content (AvgIpc) is 1.71. The number of hydrogen-bond acceptors (Lipinski definition) is 4. The van der Waals surface area contributed by atoms with Gasteiger partial charge in [0.25, 0.3) is 0 Å². The molecule has 11 heavy (non-hydrogen) atoms. The number of halogens is 1. The van der Waals surface area contributed by atoms with Crippen LogP contribution >= 0.6 is 11.9 Å². The van der Waals surface area contributed by atoms with Gasteiger partial charge in [-0.05, 0) is 6.92 Å². The molecule has 0 spiro atoms. The fourth-order valence-electron chi connectivity index (χ4n) is 0. The van der Waals surface area contributed by atoms with Crippen LogP contribution in [0.3, 0.4) is 0 Å². The molecule has 1 amide bonds. The van der Waals surface area contributed by atoms with Crippen molar-refractivity contribution in [1.82, 2.24) is 0 Å². The molecule has 0 bridgehead atoms. The quantitative estimate of drug-likeness (QED) is 0.299. The van der Waals surface area contributed by atoms with E-state index in [4.69, 9.17) is 19.4 Å². The molecular formula is C3H6ClLiNNaO4. The van der Waals surface area contributed by atoms with Crippen LogP contribution in [0.25, 0.3) is 0 Å². The predicted molar refractivity (Wildman–Crippen MR) is 26.8 cm³/mol. The van der Waals surface area contributed by atoms with Crippen molar-refractivity contribution in [2.45, 2.75) is 6.92 Å². The Labute approximate surface area is 104 Å². The number of carboxylic acid groups (broad SMARTS) is 1. The summed E-state index contributed by atoms with van der Waals surface area (Å²) in [6.45, 7) is 0.972. The molecule has 0 unspecified atom stereocenters. The van der Waals surface area contributed by atoms with Gasteiger partial charge in [-0.3, -0.25) is 4.79 Å². The second-order valence-corrected chi connectivity index (χ2v) is 0.628. The van der Waals surface area contributed by atoms with Gasteiger partial charge in [-0.1, -0.05) is 0 Å². The first-order valence-corrected chi connectivity index (χ1v) is 1.94. The summed E-state index contributed by atoms with van der Waals surface area (Å²) in [4.78, 5) is 17.5. The topological polar surface area (TPSA) is 106 Å². The van der Waals surface area contributed by atoms with Crippen molar-refractivity contribution < 1.29 is 67.8 Å². The number of primary amides is 1. The largest absolute Gasteiger partial charge is 1.00 e. The Morgan fingerprint density at radius 2 is 1.55 bits per heavy atom. The molecular weight excluding hydrogens is 179 g/mol. The summed E-state index contributed by atoms with van der Waals surface area (Å²) in [5, 5.41) is 8.89. The number of carbonyl (C=O) groups excluding carboxylic acids is 2. The van der Waals surface area contributed by atoms with E-state index in [9.17, 15) is 0 Å². The smallest absolute Gasteiger partial charge is 0.769 e. The minimum absolute atomic E-state index is 0. The van der Waals surface area contributed by atoms with Crippen LogP contribution in [0.5, 0.6) is 0 Å². The zero-order valence-electron chi connectivity index (χ0n) is 6.67. The van der Waals surface area contributed by atoms with E-state index in [-0.39, 0.29) is 54.8 Å². The van der Waals surface area contributed by atoms with Crippen LogP contribution in [0.15, 0.2) is 0 Å². The third-order valence-electron chi connectivity index (χ3n) is 0. The molecule has 0 aromatic carbocycles. The molecule has 56 valence electrons. The van der Waals surface area contributed by atoms with E-state index in [1.54, 1.807) is 0 Å². The van der Waals surface area contributed by atoms with Crippen molar-refractivity contribution in [1.29, 1.82) is 0 Å². The Balaban J connectivity index is -0.0000000158. The first-order valence-electron chi connectivity index (χ1n) is 1.63. The van der Waals surface area contributed by atoms with Crippen LogP contribution < -0.4 is 63.9 Å². The maximum Gasteiger partial charge on any atom is 1.00 e. The van der Waals surface area contributed by atoms with E-state index in [0.717, 1.165) is 6.92 Å². The summed E-state index contributed by atoms with van der Waals surface area (Å²) in [6, 6.07) is 0. The zero-order valence-corrected chi connectivity index (χ0v) is 9.42. The monoisotopic (exact) mass is 185 g/mol. The first kappa shape index (κ1) is 29.8. The maximum absolute atomic E-state index is 8.89. The molecule has 0 rings (SSSR count). The molecule has 0 aliphatic carbocycles. The molecule has 0 aliphatic rings. The second kappa shape index (κ2) is 45.1. The van der Waals surface area contributed by atoms with E-state index in [1.807, 2.05) is 0 Å². The minimum Gasteiger partial charge on any atom is -0.769 e. The van der Waals surface area contributed by atoms with E-state index >= 15 is 0 Å². The van der Waals surface area contributed by atoms with Crippen molar-refractivity contribution in [3.05, 3.63) is 0 Å². The van der Waals surface area contributed by atoms with Crippen molar-refractivity contribution in [2.75, 3.05) is 0 Å². The van der Waals surface area contributed by atoms with Gasteiger partial charge in [0, 0.05) is 5.97 Å². The number of rotatable bonds is 0. The molecule has 2 N–H and O–H groups in total. The van der Waals surface area contributed by atoms with Gasteiger partial charge >= 0.3 is 48.4 Å². The van der Waals surface area contributed by atoms with Gasteiger partial charge < -0.3 is 20.3 Å². The molecule has 0 saturated carbocycles. The number of amides is 1. The molecule has 0 aromatic rings. The van der Waals surface area contributed by atoms with E-state index in [1.165, 1.54) is 0 Å². The molecule has 0 atom stereocenters. The average molecular weight is 185 g/mol. The van der Waals surface area contributed by atoms with Gasteiger partial charge in [0.05, 0.1) is 0 Å². The van der Waals surface area contributed by atoms with E-state index in [0.29, 0.717) is 0 Å². The number of aliphatic carboxylic acids is 1. The minimum atomic E-state index is -1.08. The Morgan fingerprint density at radius 3 is 1.55 bits per heavy atom. The van der Waals surface area contributed by atoms with Crippen molar-refractivity contribution in [3.8, 4) is 0 Å². The predicted octanol–water partition coefficient (Wildman–Crippen LogP) is -8.63.